The zero-order valence-electron chi connectivity index (χ0n) is 14.7. The summed E-state index contributed by atoms with van der Waals surface area (Å²) in [5.74, 6) is -0.412. The van der Waals surface area contributed by atoms with E-state index in [9.17, 15) is 9.59 Å². The van der Waals surface area contributed by atoms with Crippen LogP contribution in [0.4, 0.5) is 11.4 Å². The summed E-state index contributed by atoms with van der Waals surface area (Å²) in [7, 11) is 1.91. The Kier molecular flexibility index (Phi) is 6.88. The summed E-state index contributed by atoms with van der Waals surface area (Å²) < 4.78 is 0. The van der Waals surface area contributed by atoms with Gasteiger partial charge < -0.3 is 15.3 Å². The molecule has 1 amide bonds. The van der Waals surface area contributed by atoms with Crippen molar-refractivity contribution < 1.29 is 14.7 Å². The predicted octanol–water partition coefficient (Wildman–Crippen LogP) is 3.14. The number of carbonyl (C=O) groups is 2. The van der Waals surface area contributed by atoms with Crippen LogP contribution in [0.15, 0.2) is 67.3 Å². The van der Waals surface area contributed by atoms with Gasteiger partial charge in [0.25, 0.3) is 0 Å². The SMILES string of the molecule is C=CC(=O)Nc1ccc(C(=O)C=Cc2ccc(N(C)CCO)cc2)cc1. The number of carbonyl (C=O) groups excluding carboxylic acids is 2. The molecule has 0 radical (unpaired) electrons. The van der Waals surface area contributed by atoms with Crippen molar-refractivity contribution in [3.8, 4) is 0 Å². The zero-order valence-corrected chi connectivity index (χ0v) is 14.7. The highest BCUT2D eigenvalue weighted by atomic mass is 16.3. The lowest BCUT2D eigenvalue weighted by Gasteiger charge is -2.17. The number of aliphatic hydroxyl groups is 1. The summed E-state index contributed by atoms with van der Waals surface area (Å²) in [6.07, 6.45) is 4.46. The van der Waals surface area contributed by atoms with Crippen LogP contribution in [0, 0.1) is 0 Å². The summed E-state index contributed by atoms with van der Waals surface area (Å²) in [5.41, 5.74) is 3.06. The minimum Gasteiger partial charge on any atom is -0.395 e. The van der Waals surface area contributed by atoms with Gasteiger partial charge in [-0.25, -0.2) is 0 Å². The summed E-state index contributed by atoms with van der Waals surface area (Å²) >= 11 is 0. The minimum atomic E-state index is -0.294. The number of aliphatic hydroxyl groups excluding tert-OH is 1. The fourth-order valence-electron chi connectivity index (χ4n) is 2.30. The second kappa shape index (κ2) is 9.34. The van der Waals surface area contributed by atoms with Crippen LogP contribution >= 0.6 is 0 Å². The highest BCUT2D eigenvalue weighted by Crippen LogP contribution is 2.15. The molecule has 2 rings (SSSR count). The Morgan fingerprint density at radius 2 is 1.77 bits per heavy atom. The van der Waals surface area contributed by atoms with Crippen molar-refractivity contribution >= 4 is 29.1 Å². The number of amides is 1. The van der Waals surface area contributed by atoms with Gasteiger partial charge in [-0.3, -0.25) is 9.59 Å². The van der Waals surface area contributed by atoms with Crippen LogP contribution in [-0.4, -0.2) is 37.0 Å². The van der Waals surface area contributed by atoms with Gasteiger partial charge in [0.05, 0.1) is 6.61 Å². The number of nitrogens with one attached hydrogen (secondary N) is 1. The predicted molar refractivity (Wildman–Crippen MR) is 105 cm³/mol. The number of hydrogen-bond acceptors (Lipinski definition) is 4. The highest BCUT2D eigenvalue weighted by molar-refractivity contribution is 6.07. The Morgan fingerprint density at radius 3 is 2.35 bits per heavy atom. The van der Waals surface area contributed by atoms with Gasteiger partial charge in [-0.15, -0.1) is 0 Å². The van der Waals surface area contributed by atoms with Gasteiger partial charge in [-0.2, -0.15) is 0 Å². The molecule has 2 N–H and O–H groups in total. The Bertz CT molecular complexity index is 793. The highest BCUT2D eigenvalue weighted by Gasteiger charge is 2.03. The van der Waals surface area contributed by atoms with Crippen LogP contribution in [0.3, 0.4) is 0 Å². The van der Waals surface area contributed by atoms with Gasteiger partial charge in [-0.05, 0) is 54.1 Å². The first-order chi connectivity index (χ1) is 12.5. The van der Waals surface area contributed by atoms with Crippen LogP contribution in [-0.2, 0) is 4.79 Å². The maximum absolute atomic E-state index is 12.2. The van der Waals surface area contributed by atoms with Crippen molar-refractivity contribution in [1.29, 1.82) is 0 Å². The van der Waals surface area contributed by atoms with E-state index < -0.39 is 0 Å². The zero-order chi connectivity index (χ0) is 18.9. The lowest BCUT2D eigenvalue weighted by atomic mass is 10.1. The summed E-state index contributed by atoms with van der Waals surface area (Å²) in [6.45, 7) is 4.06. The Morgan fingerprint density at radius 1 is 1.12 bits per heavy atom. The molecule has 0 aromatic heterocycles. The molecular weight excluding hydrogens is 328 g/mol. The van der Waals surface area contributed by atoms with Crippen molar-refractivity contribution in [1.82, 2.24) is 0 Å². The van der Waals surface area contributed by atoms with Crippen LogP contribution in [0.1, 0.15) is 15.9 Å². The quantitative estimate of drug-likeness (QED) is 0.567. The van der Waals surface area contributed by atoms with E-state index in [2.05, 4.69) is 11.9 Å². The maximum atomic E-state index is 12.2. The summed E-state index contributed by atoms with van der Waals surface area (Å²) in [4.78, 5) is 25.4. The van der Waals surface area contributed by atoms with Crippen LogP contribution in [0.2, 0.25) is 0 Å². The third-order valence-electron chi connectivity index (χ3n) is 3.82. The molecule has 0 saturated carbocycles. The Balaban J connectivity index is 2.00. The van der Waals surface area contributed by atoms with Gasteiger partial charge in [0.1, 0.15) is 0 Å². The second-order valence-corrected chi connectivity index (χ2v) is 5.71. The van der Waals surface area contributed by atoms with E-state index in [0.29, 0.717) is 17.8 Å². The monoisotopic (exact) mass is 350 g/mol. The first-order valence-electron chi connectivity index (χ1n) is 8.21. The van der Waals surface area contributed by atoms with Crippen molar-refractivity contribution in [3.63, 3.8) is 0 Å². The summed E-state index contributed by atoms with van der Waals surface area (Å²) in [5, 5.41) is 11.6. The van der Waals surface area contributed by atoms with Gasteiger partial charge in [0.15, 0.2) is 5.78 Å². The smallest absolute Gasteiger partial charge is 0.247 e. The number of anilines is 2. The van der Waals surface area contributed by atoms with Crippen molar-refractivity contribution in [2.45, 2.75) is 0 Å². The van der Waals surface area contributed by atoms with Gasteiger partial charge in [-0.1, -0.05) is 24.8 Å². The van der Waals surface area contributed by atoms with Gasteiger partial charge in [0, 0.05) is 30.5 Å². The molecule has 5 nitrogen and oxygen atoms in total. The Labute approximate surface area is 153 Å². The first kappa shape index (κ1) is 19.1. The molecule has 5 heteroatoms. The number of allylic oxidation sites excluding steroid dienone is 1. The number of benzene rings is 2. The lowest BCUT2D eigenvalue weighted by molar-refractivity contribution is -0.111. The van der Waals surface area contributed by atoms with E-state index >= 15 is 0 Å². The fraction of sp³-hybridized carbons (Fsp3) is 0.143. The van der Waals surface area contributed by atoms with Crippen LogP contribution in [0.5, 0.6) is 0 Å². The average Bonchev–Trinajstić information content (AvgIpc) is 2.67. The van der Waals surface area contributed by atoms with Gasteiger partial charge in [0.2, 0.25) is 5.91 Å². The minimum absolute atomic E-state index is 0.0999. The molecule has 0 unspecified atom stereocenters. The molecule has 134 valence electrons. The van der Waals surface area contributed by atoms with Gasteiger partial charge >= 0.3 is 0 Å². The topological polar surface area (TPSA) is 69.6 Å². The second-order valence-electron chi connectivity index (χ2n) is 5.71. The number of likely N-dealkylation sites (N-methyl/N-ethyl adjacent to an activating group) is 1. The molecule has 0 atom stereocenters. The molecule has 0 aliphatic heterocycles. The number of nitrogens with zero attached hydrogens (tertiary/aromatic N) is 1. The van der Waals surface area contributed by atoms with E-state index in [1.54, 1.807) is 30.3 Å². The molecule has 0 saturated heterocycles. The standard InChI is InChI=1S/C21H22N2O3/c1-3-21(26)22-18-9-7-17(8-10-18)20(25)13-6-16-4-11-19(12-5-16)23(2)14-15-24/h3-13,24H,1,14-15H2,2H3,(H,22,26). The molecule has 0 aliphatic rings. The third kappa shape index (κ3) is 5.43. The lowest BCUT2D eigenvalue weighted by Crippen LogP contribution is -2.20. The molecule has 2 aromatic rings. The molecule has 2 aromatic carbocycles. The number of hydrogen-bond donors (Lipinski definition) is 2. The largest absolute Gasteiger partial charge is 0.395 e. The normalized spacial score (nSPS) is 10.5. The number of rotatable bonds is 8. The van der Waals surface area contributed by atoms with E-state index in [0.717, 1.165) is 11.3 Å². The summed E-state index contributed by atoms with van der Waals surface area (Å²) in [6, 6.07) is 14.4. The van der Waals surface area contributed by atoms with Crippen molar-refractivity contribution in [2.24, 2.45) is 0 Å². The van der Waals surface area contributed by atoms with E-state index in [-0.39, 0.29) is 18.3 Å². The van der Waals surface area contributed by atoms with E-state index in [4.69, 9.17) is 5.11 Å². The first-order valence-corrected chi connectivity index (χ1v) is 8.21. The molecule has 0 bridgehead atoms. The molecule has 0 spiro atoms. The van der Waals surface area contributed by atoms with Crippen molar-refractivity contribution in [3.05, 3.63) is 78.4 Å². The van der Waals surface area contributed by atoms with Crippen LogP contribution in [0.25, 0.3) is 6.08 Å². The Hall–Kier alpha value is -3.18. The molecule has 26 heavy (non-hydrogen) atoms. The average molecular weight is 350 g/mol. The molecule has 0 heterocycles. The molecule has 0 aliphatic carbocycles. The van der Waals surface area contributed by atoms with Crippen LogP contribution < -0.4 is 10.2 Å². The molecule has 0 fully saturated rings. The van der Waals surface area contributed by atoms with E-state index in [1.165, 1.54) is 12.2 Å². The van der Waals surface area contributed by atoms with Crippen molar-refractivity contribution in [2.75, 3.05) is 30.4 Å². The number of ketones is 1. The maximum Gasteiger partial charge on any atom is 0.247 e. The fourth-order valence-corrected chi connectivity index (χ4v) is 2.30. The third-order valence-corrected chi connectivity index (χ3v) is 3.82. The molecular formula is C21H22N2O3. The van der Waals surface area contributed by atoms with E-state index in [1.807, 2.05) is 36.2 Å².